The van der Waals surface area contributed by atoms with Crippen LogP contribution in [0.2, 0.25) is 0 Å². The number of amides is 1. The third kappa shape index (κ3) is 3.85. The summed E-state index contributed by atoms with van der Waals surface area (Å²) in [5.41, 5.74) is 1.26. The molecule has 0 saturated carbocycles. The molecule has 1 fully saturated rings. The summed E-state index contributed by atoms with van der Waals surface area (Å²) in [6, 6.07) is 17.0. The van der Waals surface area contributed by atoms with Crippen molar-refractivity contribution in [1.29, 1.82) is 0 Å². The van der Waals surface area contributed by atoms with E-state index in [2.05, 4.69) is 25.3 Å². The van der Waals surface area contributed by atoms with Gasteiger partial charge in [-0.1, -0.05) is 30.3 Å². The Kier molecular flexibility index (Phi) is 4.83. The second kappa shape index (κ2) is 7.81. The van der Waals surface area contributed by atoms with Gasteiger partial charge in [0, 0.05) is 25.5 Å². The number of hydrogen-bond acceptors (Lipinski definition) is 6. The molecule has 156 valence electrons. The Morgan fingerprint density at radius 3 is 2.58 bits per heavy atom. The molecule has 31 heavy (non-hydrogen) atoms. The maximum atomic E-state index is 12.3. The first kappa shape index (κ1) is 19.2. The number of piperidine rings is 1. The van der Waals surface area contributed by atoms with Crippen LogP contribution in [0.15, 0.2) is 73.2 Å². The van der Waals surface area contributed by atoms with E-state index in [0.717, 1.165) is 11.4 Å². The largest absolute Gasteiger partial charge is 0.385 e. The van der Waals surface area contributed by atoms with Gasteiger partial charge in [-0.2, -0.15) is 0 Å². The van der Waals surface area contributed by atoms with Crippen molar-refractivity contribution in [3.63, 3.8) is 0 Å². The lowest BCUT2D eigenvalue weighted by molar-refractivity contribution is 0.0116. The summed E-state index contributed by atoms with van der Waals surface area (Å²) in [7, 11) is 0. The summed E-state index contributed by atoms with van der Waals surface area (Å²) >= 11 is 0. The zero-order chi connectivity index (χ0) is 21.3. The van der Waals surface area contributed by atoms with E-state index in [1.165, 1.54) is 6.20 Å². The van der Waals surface area contributed by atoms with Crippen molar-refractivity contribution in [3.8, 4) is 0 Å². The van der Waals surface area contributed by atoms with Crippen LogP contribution in [0.3, 0.4) is 0 Å². The summed E-state index contributed by atoms with van der Waals surface area (Å²) in [5, 5.41) is 18.5. The highest BCUT2D eigenvalue weighted by atomic mass is 16.3. The van der Waals surface area contributed by atoms with Crippen LogP contribution >= 0.6 is 0 Å². The van der Waals surface area contributed by atoms with Crippen molar-refractivity contribution in [1.82, 2.24) is 19.6 Å². The fourth-order valence-corrected chi connectivity index (χ4v) is 3.93. The predicted octanol–water partition coefficient (Wildman–Crippen LogP) is 2.86. The van der Waals surface area contributed by atoms with Crippen LogP contribution in [0.1, 0.15) is 28.8 Å². The van der Waals surface area contributed by atoms with Crippen molar-refractivity contribution >= 4 is 23.2 Å². The lowest BCUT2D eigenvalue weighted by atomic mass is 9.84. The van der Waals surface area contributed by atoms with Crippen LogP contribution in [0, 0.1) is 0 Å². The molecule has 0 spiro atoms. The molecule has 0 bridgehead atoms. The molecule has 1 aliphatic rings. The third-order valence-electron chi connectivity index (χ3n) is 5.70. The fraction of sp³-hybridized carbons (Fsp3) is 0.217. The SMILES string of the molecule is O=C(Nc1cn2nc(N3CCC(O)(c4ccccc4)CC3)ccc2n1)c1cccnc1. The van der Waals surface area contributed by atoms with E-state index in [-0.39, 0.29) is 5.91 Å². The van der Waals surface area contributed by atoms with Gasteiger partial charge in [-0.15, -0.1) is 5.10 Å². The second-order valence-electron chi connectivity index (χ2n) is 7.70. The Morgan fingerprint density at radius 1 is 1.03 bits per heavy atom. The van der Waals surface area contributed by atoms with Gasteiger partial charge >= 0.3 is 0 Å². The average Bonchev–Trinajstić information content (AvgIpc) is 3.22. The molecule has 4 heterocycles. The number of rotatable bonds is 4. The molecular weight excluding hydrogens is 392 g/mol. The quantitative estimate of drug-likeness (QED) is 0.533. The summed E-state index contributed by atoms with van der Waals surface area (Å²) in [4.78, 5) is 22.9. The number of imidazole rings is 1. The summed E-state index contributed by atoms with van der Waals surface area (Å²) < 4.78 is 1.66. The van der Waals surface area contributed by atoms with E-state index in [1.54, 1.807) is 29.0 Å². The monoisotopic (exact) mass is 414 g/mol. The highest BCUT2D eigenvalue weighted by Crippen LogP contribution is 2.34. The molecule has 1 aliphatic heterocycles. The van der Waals surface area contributed by atoms with Crippen LogP contribution in [0.5, 0.6) is 0 Å². The highest BCUT2D eigenvalue weighted by molar-refractivity contribution is 6.03. The van der Waals surface area contributed by atoms with Gasteiger partial charge < -0.3 is 15.3 Å². The number of benzene rings is 1. The Hall–Kier alpha value is -3.78. The first-order valence-corrected chi connectivity index (χ1v) is 10.2. The minimum absolute atomic E-state index is 0.270. The number of aromatic nitrogens is 4. The molecule has 5 rings (SSSR count). The molecular formula is C23H22N6O2. The van der Waals surface area contributed by atoms with Gasteiger partial charge in [0.15, 0.2) is 11.5 Å². The van der Waals surface area contributed by atoms with Crippen LogP contribution in [-0.2, 0) is 5.60 Å². The molecule has 0 radical (unpaired) electrons. The van der Waals surface area contributed by atoms with Crippen molar-refractivity contribution in [3.05, 3.63) is 84.3 Å². The zero-order valence-corrected chi connectivity index (χ0v) is 16.8. The number of anilines is 2. The maximum absolute atomic E-state index is 12.3. The average molecular weight is 414 g/mol. The lowest BCUT2D eigenvalue weighted by Gasteiger charge is -2.39. The van der Waals surface area contributed by atoms with Gasteiger partial charge in [0.1, 0.15) is 5.82 Å². The van der Waals surface area contributed by atoms with Crippen molar-refractivity contribution in [2.45, 2.75) is 18.4 Å². The van der Waals surface area contributed by atoms with E-state index in [9.17, 15) is 9.90 Å². The summed E-state index contributed by atoms with van der Waals surface area (Å²) in [6.07, 6.45) is 6.08. The fourth-order valence-electron chi connectivity index (χ4n) is 3.93. The molecule has 3 aromatic heterocycles. The Balaban J connectivity index is 1.30. The maximum Gasteiger partial charge on any atom is 0.258 e. The molecule has 2 N–H and O–H groups in total. The number of nitrogens with one attached hydrogen (secondary N) is 1. The van der Waals surface area contributed by atoms with Crippen molar-refractivity contribution in [2.75, 3.05) is 23.3 Å². The van der Waals surface area contributed by atoms with E-state index >= 15 is 0 Å². The molecule has 8 nitrogen and oxygen atoms in total. The second-order valence-corrected chi connectivity index (χ2v) is 7.70. The van der Waals surface area contributed by atoms with Crippen molar-refractivity contribution in [2.24, 2.45) is 0 Å². The van der Waals surface area contributed by atoms with Crippen LogP contribution in [0.25, 0.3) is 5.65 Å². The number of nitrogens with zero attached hydrogens (tertiary/aromatic N) is 5. The third-order valence-corrected chi connectivity index (χ3v) is 5.70. The van der Waals surface area contributed by atoms with Crippen LogP contribution in [0.4, 0.5) is 11.6 Å². The van der Waals surface area contributed by atoms with Crippen molar-refractivity contribution < 1.29 is 9.90 Å². The molecule has 0 atom stereocenters. The normalized spacial score (nSPS) is 15.7. The summed E-state index contributed by atoms with van der Waals surface area (Å²) in [6.45, 7) is 1.40. The van der Waals surface area contributed by atoms with Gasteiger partial charge in [-0.05, 0) is 42.7 Å². The number of hydrogen-bond donors (Lipinski definition) is 2. The smallest absolute Gasteiger partial charge is 0.258 e. The van der Waals surface area contributed by atoms with Gasteiger partial charge in [0.25, 0.3) is 5.91 Å². The number of pyridine rings is 1. The van der Waals surface area contributed by atoms with Crippen LogP contribution < -0.4 is 10.2 Å². The number of carbonyl (C=O) groups excluding carboxylic acids is 1. The highest BCUT2D eigenvalue weighted by Gasteiger charge is 2.34. The first-order chi connectivity index (χ1) is 15.1. The van der Waals surface area contributed by atoms with E-state index in [0.29, 0.717) is 43.0 Å². The molecule has 0 unspecified atom stereocenters. The minimum atomic E-state index is -0.805. The zero-order valence-electron chi connectivity index (χ0n) is 16.8. The van der Waals surface area contributed by atoms with Gasteiger partial charge in [0.05, 0.1) is 17.4 Å². The molecule has 1 saturated heterocycles. The molecule has 0 aliphatic carbocycles. The predicted molar refractivity (Wildman–Crippen MR) is 117 cm³/mol. The molecule has 1 aromatic carbocycles. The molecule has 8 heteroatoms. The Morgan fingerprint density at radius 2 is 1.84 bits per heavy atom. The topological polar surface area (TPSA) is 95.7 Å². The minimum Gasteiger partial charge on any atom is -0.385 e. The number of carbonyl (C=O) groups is 1. The first-order valence-electron chi connectivity index (χ1n) is 10.2. The Bertz CT molecular complexity index is 1200. The molecule has 1 amide bonds. The van der Waals surface area contributed by atoms with E-state index < -0.39 is 5.60 Å². The molecule has 4 aromatic rings. The number of aliphatic hydroxyl groups is 1. The van der Waals surface area contributed by atoms with E-state index in [1.807, 2.05) is 42.5 Å². The van der Waals surface area contributed by atoms with E-state index in [4.69, 9.17) is 0 Å². The van der Waals surface area contributed by atoms with Crippen LogP contribution in [-0.4, -0.2) is 43.7 Å². The lowest BCUT2D eigenvalue weighted by Crippen LogP contribution is -2.43. The van der Waals surface area contributed by atoms with Gasteiger partial charge in [-0.3, -0.25) is 9.78 Å². The van der Waals surface area contributed by atoms with Gasteiger partial charge in [0.2, 0.25) is 0 Å². The van der Waals surface area contributed by atoms with Gasteiger partial charge in [-0.25, -0.2) is 9.50 Å². The Labute approximate surface area is 179 Å². The standard InChI is InChI=1S/C23H22N6O2/c30-22(17-5-4-12-24-15-17)26-19-16-29-20(25-19)8-9-21(27-29)28-13-10-23(31,11-14-28)18-6-2-1-3-7-18/h1-9,12,15-16,31H,10-11,13-14H2,(H,26,30). The number of fused-ring (bicyclic) bond motifs is 1. The summed E-state index contributed by atoms with van der Waals surface area (Å²) in [5.74, 6) is 0.966.